The second-order valence-electron chi connectivity index (χ2n) is 9.03. The van der Waals surface area contributed by atoms with Crippen molar-refractivity contribution >= 4 is 23.5 Å². The maximum atomic E-state index is 13.5. The lowest BCUT2D eigenvalue weighted by molar-refractivity contribution is 0.129. The molecule has 0 saturated heterocycles. The van der Waals surface area contributed by atoms with Crippen molar-refractivity contribution in [2.24, 2.45) is 11.8 Å². The maximum Gasteiger partial charge on any atom is 0.407 e. The Balaban J connectivity index is 1.32. The number of benzene rings is 1. The first kappa shape index (κ1) is 22.7. The molecule has 2 aliphatic rings. The summed E-state index contributed by atoms with van der Waals surface area (Å²) in [5.41, 5.74) is 5.72. The first-order chi connectivity index (χ1) is 16.6. The van der Waals surface area contributed by atoms with Gasteiger partial charge < -0.3 is 10.1 Å². The number of hydrogen-bond acceptors (Lipinski definition) is 5. The summed E-state index contributed by atoms with van der Waals surface area (Å²) in [5.74, 6) is 0.997. The van der Waals surface area contributed by atoms with E-state index >= 15 is 0 Å². The Morgan fingerprint density at radius 3 is 2.94 bits per heavy atom. The molecule has 0 aliphatic heterocycles. The maximum absolute atomic E-state index is 13.5. The van der Waals surface area contributed by atoms with Gasteiger partial charge in [-0.25, -0.2) is 14.2 Å². The Kier molecular flexibility index (Phi) is 6.72. The number of alkyl carbamates (subject to hydrolysis) is 1. The molecule has 0 unspecified atom stereocenters. The zero-order valence-electron chi connectivity index (χ0n) is 19.1. The molecule has 2 aromatic heterocycles. The first-order valence-electron chi connectivity index (χ1n) is 11.9. The molecule has 1 saturated carbocycles. The number of nitrogens with zero attached hydrogens (tertiary/aromatic N) is 2. The van der Waals surface area contributed by atoms with Crippen molar-refractivity contribution in [2.45, 2.75) is 44.6 Å². The largest absolute Gasteiger partial charge is 0.450 e. The van der Waals surface area contributed by atoms with E-state index in [4.69, 9.17) is 9.72 Å². The van der Waals surface area contributed by atoms with E-state index in [0.29, 0.717) is 18.4 Å². The van der Waals surface area contributed by atoms with Crippen LogP contribution < -0.4 is 5.32 Å². The highest BCUT2D eigenvalue weighted by Gasteiger charge is 2.41. The van der Waals surface area contributed by atoms with Crippen molar-refractivity contribution < 1.29 is 13.9 Å². The lowest BCUT2D eigenvalue weighted by Crippen LogP contribution is -2.44. The van der Waals surface area contributed by atoms with Gasteiger partial charge in [-0.2, -0.15) is 0 Å². The molecule has 4 atom stereocenters. The second kappa shape index (κ2) is 10.1. The Morgan fingerprint density at radius 1 is 1.24 bits per heavy atom. The van der Waals surface area contributed by atoms with E-state index in [1.165, 1.54) is 22.7 Å². The smallest absolute Gasteiger partial charge is 0.407 e. The number of thiazole rings is 1. The van der Waals surface area contributed by atoms with Gasteiger partial charge in [-0.3, -0.25) is 4.98 Å². The molecule has 1 aromatic carbocycles. The average molecular weight is 478 g/mol. The van der Waals surface area contributed by atoms with Crippen LogP contribution in [0.2, 0.25) is 0 Å². The minimum atomic E-state index is -0.315. The number of allylic oxidation sites excluding steroid dienone is 1. The molecule has 3 aromatic rings. The van der Waals surface area contributed by atoms with Crippen LogP contribution in [0.4, 0.5) is 9.18 Å². The van der Waals surface area contributed by atoms with Crippen LogP contribution in [0.5, 0.6) is 0 Å². The van der Waals surface area contributed by atoms with Gasteiger partial charge >= 0.3 is 6.09 Å². The molecule has 5 nitrogen and oxygen atoms in total. The predicted molar refractivity (Wildman–Crippen MR) is 132 cm³/mol. The molecule has 5 rings (SSSR count). The lowest BCUT2D eigenvalue weighted by atomic mass is 9.65. The Labute approximate surface area is 203 Å². The molecule has 1 N–H and O–H groups in total. The summed E-state index contributed by atoms with van der Waals surface area (Å²) in [6.45, 7) is 2.21. The number of fused-ring (bicyclic) bond motifs is 2. The number of pyridine rings is 1. The van der Waals surface area contributed by atoms with E-state index < -0.39 is 0 Å². The molecule has 176 valence electrons. The fourth-order valence-corrected chi connectivity index (χ4v) is 6.30. The highest BCUT2D eigenvalue weighted by atomic mass is 32.1. The van der Waals surface area contributed by atoms with Crippen LogP contribution in [-0.2, 0) is 11.2 Å². The zero-order valence-corrected chi connectivity index (χ0v) is 19.9. The molecule has 7 heteroatoms. The van der Waals surface area contributed by atoms with Gasteiger partial charge in [0.25, 0.3) is 0 Å². The van der Waals surface area contributed by atoms with E-state index in [-0.39, 0.29) is 23.9 Å². The van der Waals surface area contributed by atoms with Crippen LogP contribution in [0.3, 0.4) is 0 Å². The van der Waals surface area contributed by atoms with Crippen molar-refractivity contribution in [3.63, 3.8) is 0 Å². The molecule has 2 aliphatic carbocycles. The second-order valence-corrected chi connectivity index (χ2v) is 9.97. The van der Waals surface area contributed by atoms with Crippen LogP contribution in [0.1, 0.15) is 48.4 Å². The molecule has 1 fully saturated rings. The quantitative estimate of drug-likeness (QED) is 0.473. The number of carbonyl (C=O) groups is 1. The molecule has 34 heavy (non-hydrogen) atoms. The summed E-state index contributed by atoms with van der Waals surface area (Å²) < 4.78 is 18.6. The van der Waals surface area contributed by atoms with E-state index in [1.807, 2.05) is 30.6 Å². The molecular formula is C27H28FN3O2S. The molecule has 0 bridgehead atoms. The van der Waals surface area contributed by atoms with Gasteiger partial charge in [0.15, 0.2) is 0 Å². The fraction of sp³-hybridized carbons (Fsp3) is 0.370. The topological polar surface area (TPSA) is 64.1 Å². The van der Waals surface area contributed by atoms with Gasteiger partial charge in [0.1, 0.15) is 5.82 Å². The summed E-state index contributed by atoms with van der Waals surface area (Å²) in [5, 5.41) is 3.04. The third-order valence-electron chi connectivity index (χ3n) is 6.95. The molecule has 1 amide bonds. The van der Waals surface area contributed by atoms with E-state index in [2.05, 4.69) is 22.5 Å². The standard InChI is InChI=1S/C27H28FN3O2S/c1-2-33-27(32)31-22-9-10-23-19(13-22)14-25-26(30-16-34-25)24(23)11-8-21-7-6-18(15-29-21)17-4-3-5-20(28)12-17/h3-8,11-12,15-16,19,22-24H,2,9-10,13-14H2,1H3,(H,31,32)/t19-,22+,23+,24-/m0/s1. The summed E-state index contributed by atoms with van der Waals surface area (Å²) >= 11 is 1.73. The summed E-state index contributed by atoms with van der Waals surface area (Å²) in [6, 6.07) is 10.7. The van der Waals surface area contributed by atoms with E-state index in [9.17, 15) is 9.18 Å². The van der Waals surface area contributed by atoms with Gasteiger partial charge in [0, 0.05) is 28.6 Å². The number of amides is 1. The number of carbonyl (C=O) groups excluding carboxylic acids is 1. The number of aromatic nitrogens is 2. The van der Waals surface area contributed by atoms with Crippen molar-refractivity contribution in [3.05, 3.63) is 76.3 Å². The molecule has 0 spiro atoms. The van der Waals surface area contributed by atoms with Crippen LogP contribution in [-0.4, -0.2) is 28.7 Å². The van der Waals surface area contributed by atoms with Gasteiger partial charge in [-0.05, 0) is 74.3 Å². The summed E-state index contributed by atoms with van der Waals surface area (Å²) in [4.78, 5) is 22.6. The monoisotopic (exact) mass is 477 g/mol. The number of hydrogen-bond donors (Lipinski definition) is 1. The van der Waals surface area contributed by atoms with E-state index in [0.717, 1.165) is 42.5 Å². The lowest BCUT2D eigenvalue weighted by Gasteiger charge is -2.42. The van der Waals surface area contributed by atoms with Crippen molar-refractivity contribution in [3.8, 4) is 11.1 Å². The fourth-order valence-electron chi connectivity index (χ4n) is 5.39. The SMILES string of the molecule is CCOC(=O)N[C@@H]1CC[C@@H]2[C@H](Cc3scnc3[C@H]2C=Cc2ccc(-c3cccc(F)c3)cn2)C1. The molecular weight excluding hydrogens is 449 g/mol. The normalized spacial score (nSPS) is 23.8. The zero-order chi connectivity index (χ0) is 23.5. The number of halogens is 1. The van der Waals surface area contributed by atoms with Gasteiger partial charge in [0.2, 0.25) is 0 Å². The average Bonchev–Trinajstić information content (AvgIpc) is 3.30. The van der Waals surface area contributed by atoms with Gasteiger partial charge in [-0.15, -0.1) is 11.3 Å². The molecule has 0 radical (unpaired) electrons. The van der Waals surface area contributed by atoms with Crippen molar-refractivity contribution in [1.29, 1.82) is 0 Å². The number of ether oxygens (including phenoxy) is 1. The summed E-state index contributed by atoms with van der Waals surface area (Å²) in [7, 11) is 0. The first-order valence-corrected chi connectivity index (χ1v) is 12.7. The number of nitrogens with one attached hydrogen (secondary N) is 1. The third kappa shape index (κ3) is 4.89. The van der Waals surface area contributed by atoms with Gasteiger partial charge in [0.05, 0.1) is 23.5 Å². The highest BCUT2D eigenvalue weighted by Crippen LogP contribution is 2.48. The van der Waals surface area contributed by atoms with Crippen LogP contribution in [0.25, 0.3) is 17.2 Å². The van der Waals surface area contributed by atoms with Crippen LogP contribution in [0.15, 0.2) is 54.2 Å². The summed E-state index contributed by atoms with van der Waals surface area (Å²) in [6.07, 6.45) is 9.78. The van der Waals surface area contributed by atoms with Crippen molar-refractivity contribution in [2.75, 3.05) is 6.61 Å². The van der Waals surface area contributed by atoms with E-state index in [1.54, 1.807) is 23.6 Å². The minimum Gasteiger partial charge on any atom is -0.450 e. The molecule has 2 heterocycles. The third-order valence-corrected chi connectivity index (χ3v) is 7.83. The Hall–Kier alpha value is -3.06. The highest BCUT2D eigenvalue weighted by molar-refractivity contribution is 7.09. The minimum absolute atomic E-state index is 0.163. The van der Waals surface area contributed by atoms with Crippen LogP contribution >= 0.6 is 11.3 Å². The van der Waals surface area contributed by atoms with Crippen molar-refractivity contribution in [1.82, 2.24) is 15.3 Å². The predicted octanol–water partition coefficient (Wildman–Crippen LogP) is 6.23. The Bertz CT molecular complexity index is 1180. The number of rotatable bonds is 5. The van der Waals surface area contributed by atoms with Gasteiger partial charge in [-0.1, -0.05) is 24.3 Å². The van der Waals surface area contributed by atoms with Crippen LogP contribution in [0, 0.1) is 17.7 Å². The Morgan fingerprint density at radius 2 is 2.15 bits per heavy atom.